The molecule has 0 aromatic carbocycles. The summed E-state index contributed by atoms with van der Waals surface area (Å²) in [5.41, 5.74) is 0. The van der Waals surface area contributed by atoms with E-state index in [1.807, 2.05) is 0 Å². The summed E-state index contributed by atoms with van der Waals surface area (Å²) in [6, 6.07) is 0. The standard InChI is InChI=1S/C44H89O9P/c1-3-5-7-9-11-13-15-16-17-18-19-20-21-22-23-24-25-27-29-31-33-35-37-50-40-43(41-52-54(48,49)51-39-42(46)38-45)53-44(47)36-34-32-30-28-26-14-12-10-8-6-4-2/h42-43,45-46H,3-41H2,1-2H3,(H,48,49). The number of carbonyl (C=O) groups is 1. The van der Waals surface area contributed by atoms with Gasteiger partial charge in [0.2, 0.25) is 0 Å². The van der Waals surface area contributed by atoms with Crippen LogP contribution in [0.3, 0.4) is 0 Å². The van der Waals surface area contributed by atoms with E-state index in [9.17, 15) is 19.4 Å². The molecule has 9 nitrogen and oxygen atoms in total. The average molecular weight is 793 g/mol. The number of hydrogen-bond donors (Lipinski definition) is 3. The Morgan fingerprint density at radius 3 is 1.20 bits per heavy atom. The van der Waals surface area contributed by atoms with Crippen LogP contribution in [-0.4, -0.2) is 66.3 Å². The number of phosphoric acid groups is 1. The first-order chi connectivity index (χ1) is 26.3. The summed E-state index contributed by atoms with van der Waals surface area (Å²) < 4.78 is 33.4. The topological polar surface area (TPSA) is 132 Å². The van der Waals surface area contributed by atoms with Crippen LogP contribution < -0.4 is 0 Å². The first-order valence-corrected chi connectivity index (χ1v) is 24.5. The predicted molar refractivity (Wildman–Crippen MR) is 224 cm³/mol. The van der Waals surface area contributed by atoms with Gasteiger partial charge in [0.1, 0.15) is 12.2 Å². The van der Waals surface area contributed by atoms with Crippen molar-refractivity contribution in [1.82, 2.24) is 0 Å². The minimum Gasteiger partial charge on any atom is -0.457 e. The van der Waals surface area contributed by atoms with Crippen LogP contribution in [0.5, 0.6) is 0 Å². The van der Waals surface area contributed by atoms with E-state index in [1.165, 1.54) is 180 Å². The van der Waals surface area contributed by atoms with Crippen molar-refractivity contribution in [2.75, 3.05) is 33.0 Å². The summed E-state index contributed by atoms with van der Waals surface area (Å²) in [5, 5.41) is 18.3. The maximum atomic E-state index is 12.6. The van der Waals surface area contributed by atoms with Gasteiger partial charge < -0.3 is 24.6 Å². The fourth-order valence-corrected chi connectivity index (χ4v) is 7.56. The van der Waals surface area contributed by atoms with Crippen LogP contribution in [0.2, 0.25) is 0 Å². The smallest absolute Gasteiger partial charge is 0.457 e. The summed E-state index contributed by atoms with van der Waals surface area (Å²) in [5.74, 6) is -0.378. The minimum atomic E-state index is -4.51. The maximum Gasteiger partial charge on any atom is 0.472 e. The van der Waals surface area contributed by atoms with Crippen LogP contribution in [0.1, 0.15) is 232 Å². The lowest BCUT2D eigenvalue weighted by Crippen LogP contribution is -2.29. The molecular weight excluding hydrogens is 703 g/mol. The van der Waals surface area contributed by atoms with E-state index in [2.05, 4.69) is 13.8 Å². The molecule has 324 valence electrons. The van der Waals surface area contributed by atoms with Crippen molar-refractivity contribution in [3.05, 3.63) is 0 Å². The Kier molecular flexibility index (Phi) is 41.7. The molecular formula is C44H89O9P. The van der Waals surface area contributed by atoms with Crippen LogP contribution in [0.25, 0.3) is 0 Å². The van der Waals surface area contributed by atoms with Gasteiger partial charge in [0.15, 0.2) is 0 Å². The Morgan fingerprint density at radius 2 is 0.833 bits per heavy atom. The number of aliphatic hydroxyl groups excluding tert-OH is 2. The second-order valence-corrected chi connectivity index (χ2v) is 17.2. The lowest BCUT2D eigenvalue weighted by atomic mass is 10.0. The largest absolute Gasteiger partial charge is 0.472 e. The molecule has 10 heteroatoms. The third-order valence-electron chi connectivity index (χ3n) is 10.3. The highest BCUT2D eigenvalue weighted by atomic mass is 31.2. The van der Waals surface area contributed by atoms with E-state index < -0.39 is 33.2 Å². The molecule has 0 rings (SSSR count). The normalized spacial score (nSPS) is 13.9. The Labute approximate surface area is 333 Å². The van der Waals surface area contributed by atoms with Gasteiger partial charge in [-0.3, -0.25) is 13.8 Å². The molecule has 0 aliphatic rings. The maximum absolute atomic E-state index is 12.6. The number of aliphatic hydroxyl groups is 2. The number of ether oxygens (including phenoxy) is 2. The molecule has 54 heavy (non-hydrogen) atoms. The van der Waals surface area contributed by atoms with Crippen molar-refractivity contribution in [3.8, 4) is 0 Å². The van der Waals surface area contributed by atoms with Gasteiger partial charge in [-0.15, -0.1) is 0 Å². The highest BCUT2D eigenvalue weighted by molar-refractivity contribution is 7.47. The monoisotopic (exact) mass is 793 g/mol. The molecule has 0 saturated heterocycles. The molecule has 0 spiro atoms. The lowest BCUT2D eigenvalue weighted by molar-refractivity contribution is -0.154. The lowest BCUT2D eigenvalue weighted by Gasteiger charge is -2.20. The molecule has 3 atom stereocenters. The SMILES string of the molecule is CCCCCCCCCCCCCCCCCCCCCCCCOCC(COP(=O)(O)OCC(O)CO)OC(=O)CCCCCCCCCCCCC. The second kappa shape index (κ2) is 42.1. The molecule has 0 amide bonds. The van der Waals surface area contributed by atoms with E-state index >= 15 is 0 Å². The van der Waals surface area contributed by atoms with E-state index in [-0.39, 0.29) is 25.6 Å². The molecule has 0 bridgehead atoms. The quantitative estimate of drug-likeness (QED) is 0.0313. The molecule has 3 unspecified atom stereocenters. The van der Waals surface area contributed by atoms with Crippen LogP contribution in [-0.2, 0) is 27.9 Å². The van der Waals surface area contributed by atoms with Gasteiger partial charge in [-0.2, -0.15) is 0 Å². The zero-order valence-electron chi connectivity index (χ0n) is 35.5. The molecule has 0 aromatic heterocycles. The van der Waals surface area contributed by atoms with Gasteiger partial charge >= 0.3 is 13.8 Å². The number of unbranched alkanes of at least 4 members (excludes halogenated alkanes) is 31. The first kappa shape index (κ1) is 53.5. The van der Waals surface area contributed by atoms with E-state index in [1.54, 1.807) is 0 Å². The van der Waals surface area contributed by atoms with Crippen molar-refractivity contribution in [3.63, 3.8) is 0 Å². The zero-order valence-corrected chi connectivity index (χ0v) is 36.4. The Bertz CT molecular complexity index is 815. The summed E-state index contributed by atoms with van der Waals surface area (Å²) in [6.07, 6.45) is 40.7. The van der Waals surface area contributed by atoms with E-state index in [0.29, 0.717) is 6.61 Å². The van der Waals surface area contributed by atoms with Crippen molar-refractivity contribution in [2.45, 2.75) is 244 Å². The third kappa shape index (κ3) is 41.1. The number of carbonyl (C=O) groups excluding carboxylic acids is 1. The molecule has 0 aliphatic heterocycles. The van der Waals surface area contributed by atoms with Gasteiger partial charge in [-0.05, 0) is 12.8 Å². The highest BCUT2D eigenvalue weighted by Crippen LogP contribution is 2.43. The van der Waals surface area contributed by atoms with Crippen LogP contribution in [0.4, 0.5) is 0 Å². The zero-order chi connectivity index (χ0) is 39.6. The van der Waals surface area contributed by atoms with Crippen LogP contribution >= 0.6 is 7.82 Å². The van der Waals surface area contributed by atoms with Crippen molar-refractivity contribution >= 4 is 13.8 Å². The van der Waals surface area contributed by atoms with Crippen molar-refractivity contribution < 1.29 is 43.0 Å². The van der Waals surface area contributed by atoms with E-state index in [4.69, 9.17) is 23.6 Å². The molecule has 0 saturated carbocycles. The molecule has 0 aromatic rings. The Balaban J connectivity index is 3.98. The van der Waals surface area contributed by atoms with Crippen molar-refractivity contribution in [1.29, 1.82) is 0 Å². The average Bonchev–Trinajstić information content (AvgIpc) is 3.16. The third-order valence-corrected chi connectivity index (χ3v) is 11.2. The Morgan fingerprint density at radius 1 is 0.500 bits per heavy atom. The fourth-order valence-electron chi connectivity index (χ4n) is 6.77. The summed E-state index contributed by atoms with van der Waals surface area (Å²) in [6.45, 7) is 3.57. The number of esters is 1. The summed E-state index contributed by atoms with van der Waals surface area (Å²) in [7, 11) is -4.51. The molecule has 0 fully saturated rings. The Hall–Kier alpha value is -0.540. The van der Waals surface area contributed by atoms with Gasteiger partial charge in [-0.1, -0.05) is 213 Å². The predicted octanol–water partition coefficient (Wildman–Crippen LogP) is 12.7. The molecule has 0 heterocycles. The van der Waals surface area contributed by atoms with Crippen LogP contribution in [0.15, 0.2) is 0 Å². The van der Waals surface area contributed by atoms with E-state index in [0.717, 1.165) is 32.1 Å². The first-order valence-electron chi connectivity index (χ1n) is 23.0. The molecule has 3 N–H and O–H groups in total. The number of rotatable bonds is 45. The number of hydrogen-bond acceptors (Lipinski definition) is 8. The van der Waals surface area contributed by atoms with Gasteiger partial charge in [0.05, 0.1) is 26.4 Å². The highest BCUT2D eigenvalue weighted by Gasteiger charge is 2.26. The second-order valence-electron chi connectivity index (χ2n) is 15.8. The summed E-state index contributed by atoms with van der Waals surface area (Å²) >= 11 is 0. The molecule has 0 aliphatic carbocycles. The van der Waals surface area contributed by atoms with Gasteiger partial charge in [0.25, 0.3) is 0 Å². The van der Waals surface area contributed by atoms with Gasteiger partial charge in [-0.25, -0.2) is 4.57 Å². The minimum absolute atomic E-state index is 0.0581. The van der Waals surface area contributed by atoms with Crippen molar-refractivity contribution in [2.24, 2.45) is 0 Å². The number of phosphoric ester groups is 1. The van der Waals surface area contributed by atoms with Gasteiger partial charge in [0, 0.05) is 13.0 Å². The molecule has 0 radical (unpaired) electrons. The summed E-state index contributed by atoms with van der Waals surface area (Å²) in [4.78, 5) is 22.5. The fraction of sp³-hybridized carbons (Fsp3) is 0.977. The van der Waals surface area contributed by atoms with Crippen LogP contribution in [0, 0.1) is 0 Å².